The Balaban J connectivity index is 2.09. The van der Waals surface area contributed by atoms with Crippen molar-refractivity contribution in [3.8, 4) is 17.1 Å². The van der Waals surface area contributed by atoms with E-state index >= 15 is 0 Å². The molecule has 0 bridgehead atoms. The lowest BCUT2D eigenvalue weighted by Crippen LogP contribution is -2.01. The van der Waals surface area contributed by atoms with Crippen molar-refractivity contribution in [3.05, 3.63) is 58.8 Å². The lowest BCUT2D eigenvalue weighted by Gasteiger charge is -2.07. The van der Waals surface area contributed by atoms with Crippen LogP contribution < -0.4 is 0 Å². The lowest BCUT2D eigenvalue weighted by molar-refractivity contribution is 0.602. The summed E-state index contributed by atoms with van der Waals surface area (Å²) in [4.78, 5) is 4.76. The first-order valence-electron chi connectivity index (χ1n) is 6.85. The zero-order valence-corrected chi connectivity index (χ0v) is 15.0. The molecule has 0 amide bonds. The summed E-state index contributed by atoms with van der Waals surface area (Å²) in [6, 6.07) is 14.4. The van der Waals surface area contributed by atoms with Gasteiger partial charge in [-0.05, 0) is 43.3 Å². The highest BCUT2D eigenvalue weighted by Crippen LogP contribution is 2.23. The first-order valence-corrected chi connectivity index (χ1v) is 9.53. The Labute approximate surface area is 143 Å². The van der Waals surface area contributed by atoms with E-state index in [4.69, 9.17) is 0 Å². The molecule has 0 aliphatic carbocycles. The van der Waals surface area contributed by atoms with E-state index in [0.717, 1.165) is 15.7 Å². The standard InChI is InChI=1S/C16H14BrN3O2S/c1-11-18-16(12-3-5-13(17)6-4-12)20(19-11)14-7-9-15(10-8-14)23(2,21)22/h3-10H,1-2H3. The fourth-order valence-corrected chi connectivity index (χ4v) is 3.11. The van der Waals surface area contributed by atoms with Gasteiger partial charge in [0.15, 0.2) is 15.7 Å². The van der Waals surface area contributed by atoms with Gasteiger partial charge in [0.1, 0.15) is 5.82 Å². The van der Waals surface area contributed by atoms with E-state index in [2.05, 4.69) is 26.0 Å². The van der Waals surface area contributed by atoms with E-state index in [9.17, 15) is 8.42 Å². The van der Waals surface area contributed by atoms with Crippen LogP contribution in [-0.2, 0) is 9.84 Å². The molecular formula is C16H14BrN3O2S. The van der Waals surface area contributed by atoms with Gasteiger partial charge in [0, 0.05) is 16.3 Å². The van der Waals surface area contributed by atoms with Crippen LogP contribution in [0, 0.1) is 6.92 Å². The fraction of sp³-hybridized carbons (Fsp3) is 0.125. The first kappa shape index (κ1) is 15.9. The molecular weight excluding hydrogens is 378 g/mol. The summed E-state index contributed by atoms with van der Waals surface area (Å²) in [6.07, 6.45) is 1.19. The van der Waals surface area contributed by atoms with Gasteiger partial charge in [0.25, 0.3) is 0 Å². The molecule has 3 rings (SSSR count). The van der Waals surface area contributed by atoms with Crippen LogP contribution >= 0.6 is 15.9 Å². The topological polar surface area (TPSA) is 64.8 Å². The van der Waals surface area contributed by atoms with Gasteiger partial charge in [0.2, 0.25) is 0 Å². The number of nitrogens with zero attached hydrogens (tertiary/aromatic N) is 3. The van der Waals surface area contributed by atoms with Gasteiger partial charge in [-0.2, -0.15) is 5.10 Å². The molecule has 0 fully saturated rings. The minimum Gasteiger partial charge on any atom is -0.224 e. The number of benzene rings is 2. The number of halogens is 1. The number of hydrogen-bond donors (Lipinski definition) is 0. The molecule has 1 aromatic heterocycles. The van der Waals surface area contributed by atoms with Crippen molar-refractivity contribution in [1.29, 1.82) is 0 Å². The summed E-state index contributed by atoms with van der Waals surface area (Å²) in [5.74, 6) is 1.36. The monoisotopic (exact) mass is 391 g/mol. The Morgan fingerprint density at radius 3 is 2.17 bits per heavy atom. The van der Waals surface area contributed by atoms with Crippen molar-refractivity contribution in [1.82, 2.24) is 14.8 Å². The van der Waals surface area contributed by atoms with E-state index in [-0.39, 0.29) is 4.90 Å². The Morgan fingerprint density at radius 2 is 1.61 bits per heavy atom. The minimum absolute atomic E-state index is 0.281. The summed E-state index contributed by atoms with van der Waals surface area (Å²) in [7, 11) is -3.21. The highest BCUT2D eigenvalue weighted by Gasteiger charge is 2.13. The Morgan fingerprint density at radius 1 is 1.00 bits per heavy atom. The van der Waals surface area contributed by atoms with E-state index in [0.29, 0.717) is 11.6 Å². The number of sulfone groups is 1. The van der Waals surface area contributed by atoms with Crippen LogP contribution in [0.4, 0.5) is 0 Å². The van der Waals surface area contributed by atoms with Gasteiger partial charge >= 0.3 is 0 Å². The smallest absolute Gasteiger partial charge is 0.175 e. The van der Waals surface area contributed by atoms with Crippen molar-refractivity contribution >= 4 is 25.8 Å². The van der Waals surface area contributed by atoms with Gasteiger partial charge < -0.3 is 0 Å². The number of aromatic nitrogens is 3. The van der Waals surface area contributed by atoms with Crippen LogP contribution in [0.3, 0.4) is 0 Å². The van der Waals surface area contributed by atoms with E-state index < -0.39 is 9.84 Å². The molecule has 0 radical (unpaired) electrons. The molecule has 0 aliphatic heterocycles. The van der Waals surface area contributed by atoms with Crippen LogP contribution in [0.1, 0.15) is 5.82 Å². The zero-order valence-electron chi connectivity index (χ0n) is 12.6. The Kier molecular flexibility index (Phi) is 4.08. The summed E-state index contributed by atoms with van der Waals surface area (Å²) in [5.41, 5.74) is 1.69. The largest absolute Gasteiger partial charge is 0.224 e. The quantitative estimate of drug-likeness (QED) is 0.685. The van der Waals surface area contributed by atoms with Crippen LogP contribution in [-0.4, -0.2) is 29.4 Å². The molecule has 7 heteroatoms. The van der Waals surface area contributed by atoms with Gasteiger partial charge in [-0.3, -0.25) is 0 Å². The van der Waals surface area contributed by atoms with Crippen molar-refractivity contribution in [2.75, 3.05) is 6.26 Å². The molecule has 3 aromatic rings. The summed E-state index contributed by atoms with van der Waals surface area (Å²) < 4.78 is 25.8. The van der Waals surface area contributed by atoms with Crippen LogP contribution in [0.2, 0.25) is 0 Å². The summed E-state index contributed by atoms with van der Waals surface area (Å²) in [6.45, 7) is 1.82. The van der Waals surface area contributed by atoms with Crippen molar-refractivity contribution in [3.63, 3.8) is 0 Å². The second-order valence-corrected chi connectivity index (χ2v) is 8.10. The first-order chi connectivity index (χ1) is 10.8. The average molecular weight is 392 g/mol. The predicted octanol–water partition coefficient (Wildman–Crippen LogP) is 3.41. The maximum Gasteiger partial charge on any atom is 0.175 e. The van der Waals surface area contributed by atoms with Crippen molar-refractivity contribution < 1.29 is 8.42 Å². The maximum absolute atomic E-state index is 11.6. The Bertz CT molecular complexity index is 946. The average Bonchev–Trinajstić information content (AvgIpc) is 2.89. The molecule has 0 unspecified atom stereocenters. The normalized spacial score (nSPS) is 11.6. The van der Waals surface area contributed by atoms with Crippen molar-refractivity contribution in [2.45, 2.75) is 11.8 Å². The molecule has 118 valence electrons. The summed E-state index contributed by atoms with van der Waals surface area (Å²) in [5, 5.41) is 4.42. The SMILES string of the molecule is Cc1nc(-c2ccc(Br)cc2)n(-c2ccc(S(C)(=O)=O)cc2)n1. The molecule has 0 saturated carbocycles. The molecule has 5 nitrogen and oxygen atoms in total. The molecule has 0 N–H and O–H groups in total. The molecule has 2 aromatic carbocycles. The predicted molar refractivity (Wildman–Crippen MR) is 92.3 cm³/mol. The van der Waals surface area contributed by atoms with Crippen LogP contribution in [0.25, 0.3) is 17.1 Å². The number of rotatable bonds is 3. The van der Waals surface area contributed by atoms with Gasteiger partial charge in [-0.1, -0.05) is 28.1 Å². The molecule has 0 atom stereocenters. The van der Waals surface area contributed by atoms with Crippen LogP contribution in [0.15, 0.2) is 57.9 Å². The highest BCUT2D eigenvalue weighted by molar-refractivity contribution is 9.10. The maximum atomic E-state index is 11.6. The zero-order chi connectivity index (χ0) is 16.6. The molecule has 23 heavy (non-hydrogen) atoms. The highest BCUT2D eigenvalue weighted by atomic mass is 79.9. The number of hydrogen-bond acceptors (Lipinski definition) is 4. The second kappa shape index (κ2) is 5.90. The van der Waals surface area contributed by atoms with E-state index in [1.165, 1.54) is 6.26 Å². The minimum atomic E-state index is -3.21. The molecule has 0 saturated heterocycles. The third-order valence-electron chi connectivity index (χ3n) is 3.32. The second-order valence-electron chi connectivity index (χ2n) is 5.17. The van der Waals surface area contributed by atoms with Gasteiger partial charge in [0.05, 0.1) is 10.6 Å². The summed E-state index contributed by atoms with van der Waals surface area (Å²) >= 11 is 3.41. The fourth-order valence-electron chi connectivity index (χ4n) is 2.22. The van der Waals surface area contributed by atoms with Gasteiger partial charge in [-0.15, -0.1) is 0 Å². The molecule has 0 aliphatic rings. The number of aryl methyl sites for hydroxylation is 1. The van der Waals surface area contributed by atoms with E-state index in [1.54, 1.807) is 28.9 Å². The Hall–Kier alpha value is -1.99. The van der Waals surface area contributed by atoms with E-state index in [1.807, 2.05) is 31.2 Å². The van der Waals surface area contributed by atoms with Crippen LogP contribution in [0.5, 0.6) is 0 Å². The third kappa shape index (κ3) is 3.35. The van der Waals surface area contributed by atoms with Crippen molar-refractivity contribution in [2.24, 2.45) is 0 Å². The lowest BCUT2D eigenvalue weighted by atomic mass is 10.2. The third-order valence-corrected chi connectivity index (χ3v) is 4.98. The molecule has 0 spiro atoms. The van der Waals surface area contributed by atoms with Gasteiger partial charge in [-0.25, -0.2) is 18.1 Å². The molecule has 1 heterocycles.